The molecule has 0 unspecified atom stereocenters. The molecule has 7 nitrogen and oxygen atoms in total. The monoisotopic (exact) mass is 439 g/mol. The van der Waals surface area contributed by atoms with Gasteiger partial charge in [-0.2, -0.15) is 5.26 Å². The summed E-state index contributed by atoms with van der Waals surface area (Å²) in [5.41, 5.74) is -0.474. The zero-order valence-corrected chi connectivity index (χ0v) is 19.1. The maximum atomic E-state index is 13.1. The van der Waals surface area contributed by atoms with E-state index in [0.717, 1.165) is 44.9 Å². The van der Waals surface area contributed by atoms with Crippen molar-refractivity contribution < 1.29 is 19.1 Å². The van der Waals surface area contributed by atoms with Gasteiger partial charge in [-0.25, -0.2) is 4.79 Å². The summed E-state index contributed by atoms with van der Waals surface area (Å²) < 4.78 is 5.41. The van der Waals surface area contributed by atoms with Crippen molar-refractivity contribution in [3.05, 3.63) is 35.4 Å². The number of nitriles is 1. The molecule has 0 spiro atoms. The van der Waals surface area contributed by atoms with Gasteiger partial charge in [0.25, 0.3) is 11.8 Å². The molecule has 0 aliphatic heterocycles. The van der Waals surface area contributed by atoms with E-state index >= 15 is 0 Å². The smallest absolute Gasteiger partial charge is 0.339 e. The lowest BCUT2D eigenvalue weighted by Crippen LogP contribution is -2.52. The summed E-state index contributed by atoms with van der Waals surface area (Å²) in [5.74, 6) is -1.43. The zero-order valence-electron chi connectivity index (χ0n) is 19.1. The van der Waals surface area contributed by atoms with Crippen LogP contribution in [-0.2, 0) is 9.53 Å². The van der Waals surface area contributed by atoms with Crippen LogP contribution in [0.1, 0.15) is 91.8 Å². The van der Waals surface area contributed by atoms with Crippen LogP contribution in [0.2, 0.25) is 0 Å². The maximum Gasteiger partial charge on any atom is 0.339 e. The molecule has 0 aromatic heterocycles. The van der Waals surface area contributed by atoms with Gasteiger partial charge in [0, 0.05) is 13.1 Å². The van der Waals surface area contributed by atoms with Crippen molar-refractivity contribution in [3.8, 4) is 6.07 Å². The van der Waals surface area contributed by atoms with Crippen LogP contribution in [-0.4, -0.2) is 47.4 Å². The summed E-state index contributed by atoms with van der Waals surface area (Å²) in [6.45, 7) is 1.49. The van der Waals surface area contributed by atoms with Crippen molar-refractivity contribution in [2.24, 2.45) is 0 Å². The molecule has 0 heterocycles. The molecule has 1 aromatic rings. The number of rotatable bonds is 6. The first-order valence-corrected chi connectivity index (χ1v) is 11.7. The second-order valence-corrected chi connectivity index (χ2v) is 9.04. The van der Waals surface area contributed by atoms with Crippen molar-refractivity contribution in [2.45, 2.75) is 88.8 Å². The van der Waals surface area contributed by atoms with Crippen molar-refractivity contribution in [1.82, 2.24) is 10.2 Å². The number of hydrogen-bond acceptors (Lipinski definition) is 5. The average molecular weight is 440 g/mol. The molecule has 2 amide bonds. The van der Waals surface area contributed by atoms with Crippen LogP contribution >= 0.6 is 0 Å². The largest absolute Gasteiger partial charge is 0.449 e. The van der Waals surface area contributed by atoms with Crippen molar-refractivity contribution >= 4 is 17.8 Å². The van der Waals surface area contributed by atoms with Gasteiger partial charge in [-0.15, -0.1) is 0 Å². The fourth-order valence-corrected chi connectivity index (χ4v) is 4.71. The third-order valence-electron chi connectivity index (χ3n) is 6.76. The molecular formula is C25H33N3O4. The number of carbonyl (C=O) groups excluding carboxylic acids is 3. The lowest BCUT2D eigenvalue weighted by Gasteiger charge is -2.32. The predicted octanol–water partition coefficient (Wildman–Crippen LogP) is 3.98. The SMILES string of the molecule is C[C@H](OC(=O)c1ccccc1C(=O)N(C)C1CCCCC1)C(=O)NC1(C#N)CCCCC1. The fourth-order valence-electron chi connectivity index (χ4n) is 4.71. The fraction of sp³-hybridized carbons (Fsp3) is 0.600. The Balaban J connectivity index is 1.68. The van der Waals surface area contributed by atoms with E-state index in [1.165, 1.54) is 13.3 Å². The molecular weight excluding hydrogens is 406 g/mol. The summed E-state index contributed by atoms with van der Waals surface area (Å²) in [6, 6.07) is 8.96. The highest BCUT2D eigenvalue weighted by Gasteiger charge is 2.36. The minimum absolute atomic E-state index is 0.146. The van der Waals surface area contributed by atoms with Crippen LogP contribution in [0.25, 0.3) is 0 Å². The van der Waals surface area contributed by atoms with E-state index in [-0.39, 0.29) is 23.1 Å². The first kappa shape index (κ1) is 23.8. The van der Waals surface area contributed by atoms with Crippen LogP contribution in [0.4, 0.5) is 0 Å². The highest BCUT2D eigenvalue weighted by molar-refractivity contribution is 6.05. The molecule has 172 valence electrons. The number of esters is 1. The molecule has 0 radical (unpaired) electrons. The molecule has 1 atom stereocenters. The summed E-state index contributed by atoms with van der Waals surface area (Å²) in [6.07, 6.45) is 8.25. The van der Waals surface area contributed by atoms with Crippen molar-refractivity contribution in [1.29, 1.82) is 5.26 Å². The summed E-state index contributed by atoms with van der Waals surface area (Å²) in [5, 5.41) is 12.4. The Bertz CT molecular complexity index is 879. The van der Waals surface area contributed by atoms with Crippen LogP contribution < -0.4 is 5.32 Å². The molecule has 7 heteroatoms. The Kier molecular flexibility index (Phi) is 7.89. The first-order chi connectivity index (χ1) is 15.4. The summed E-state index contributed by atoms with van der Waals surface area (Å²) in [7, 11) is 1.78. The highest BCUT2D eigenvalue weighted by atomic mass is 16.5. The van der Waals surface area contributed by atoms with E-state index in [2.05, 4.69) is 11.4 Å². The maximum absolute atomic E-state index is 13.1. The zero-order chi connectivity index (χ0) is 23.1. The van der Waals surface area contributed by atoms with E-state index in [4.69, 9.17) is 4.74 Å². The molecule has 2 aliphatic rings. The van der Waals surface area contributed by atoms with Crippen LogP contribution in [0, 0.1) is 11.3 Å². The molecule has 2 aliphatic carbocycles. The molecule has 1 aromatic carbocycles. The molecule has 3 rings (SSSR count). The van der Waals surface area contributed by atoms with Crippen LogP contribution in [0.3, 0.4) is 0 Å². The van der Waals surface area contributed by atoms with Crippen molar-refractivity contribution in [2.75, 3.05) is 7.05 Å². The minimum Gasteiger partial charge on any atom is -0.449 e. The van der Waals surface area contributed by atoms with Gasteiger partial charge in [-0.3, -0.25) is 9.59 Å². The van der Waals surface area contributed by atoms with Gasteiger partial charge < -0.3 is 15.0 Å². The van der Waals surface area contributed by atoms with Gasteiger partial charge >= 0.3 is 5.97 Å². The van der Waals surface area contributed by atoms with Gasteiger partial charge in [-0.05, 0) is 44.7 Å². The summed E-state index contributed by atoms with van der Waals surface area (Å²) >= 11 is 0. The van der Waals surface area contributed by atoms with Gasteiger partial charge in [0.05, 0.1) is 17.2 Å². The minimum atomic E-state index is -1.08. The topological polar surface area (TPSA) is 99.5 Å². The third kappa shape index (κ3) is 5.48. The number of carbonyl (C=O) groups is 3. The van der Waals surface area contributed by atoms with Gasteiger partial charge in [-0.1, -0.05) is 50.7 Å². The van der Waals surface area contributed by atoms with E-state index < -0.39 is 23.5 Å². The molecule has 0 bridgehead atoms. The van der Waals surface area contributed by atoms with E-state index in [1.807, 2.05) is 0 Å². The lowest BCUT2D eigenvalue weighted by molar-refractivity contribution is -0.130. The predicted molar refractivity (Wildman–Crippen MR) is 120 cm³/mol. The normalized spacial score (nSPS) is 19.3. The van der Waals surface area contributed by atoms with Gasteiger partial charge in [0.1, 0.15) is 5.54 Å². The van der Waals surface area contributed by atoms with Crippen LogP contribution in [0.5, 0.6) is 0 Å². The number of benzene rings is 1. The quantitative estimate of drug-likeness (QED) is 0.676. The summed E-state index contributed by atoms with van der Waals surface area (Å²) in [4.78, 5) is 40.4. The number of nitrogens with one attached hydrogen (secondary N) is 1. The number of hydrogen-bond donors (Lipinski definition) is 1. The van der Waals surface area contributed by atoms with E-state index in [0.29, 0.717) is 12.8 Å². The molecule has 32 heavy (non-hydrogen) atoms. The van der Waals surface area contributed by atoms with Crippen molar-refractivity contribution in [3.63, 3.8) is 0 Å². The molecule has 2 saturated carbocycles. The highest BCUT2D eigenvalue weighted by Crippen LogP contribution is 2.28. The molecule has 2 fully saturated rings. The number of amides is 2. The standard InChI is InChI=1S/C25H33N3O4/c1-18(22(29)27-25(17-26)15-9-4-10-16-25)32-24(31)21-14-8-7-13-20(21)23(30)28(2)19-11-5-3-6-12-19/h7-8,13-14,18-19H,3-6,9-12,15-16H2,1-2H3,(H,27,29)/t18-/m0/s1. The Morgan fingerprint density at radius 1 is 1.06 bits per heavy atom. The Labute approximate surface area is 190 Å². The number of nitrogens with zero attached hydrogens (tertiary/aromatic N) is 2. The van der Waals surface area contributed by atoms with E-state index in [9.17, 15) is 19.6 Å². The van der Waals surface area contributed by atoms with Gasteiger partial charge in [0.2, 0.25) is 0 Å². The van der Waals surface area contributed by atoms with Gasteiger partial charge in [0.15, 0.2) is 6.10 Å². The first-order valence-electron chi connectivity index (χ1n) is 11.7. The Morgan fingerprint density at radius 3 is 2.28 bits per heavy atom. The Morgan fingerprint density at radius 2 is 1.66 bits per heavy atom. The second kappa shape index (κ2) is 10.6. The lowest BCUT2D eigenvalue weighted by atomic mass is 9.83. The second-order valence-electron chi connectivity index (χ2n) is 9.04. The number of ether oxygens (including phenoxy) is 1. The average Bonchev–Trinajstić information content (AvgIpc) is 2.84. The third-order valence-corrected chi connectivity index (χ3v) is 6.76. The Hall–Kier alpha value is -2.88. The van der Waals surface area contributed by atoms with E-state index in [1.54, 1.807) is 36.2 Å². The molecule has 1 N–H and O–H groups in total. The molecule has 0 saturated heterocycles. The van der Waals surface area contributed by atoms with Crippen LogP contribution in [0.15, 0.2) is 24.3 Å².